The van der Waals surface area contributed by atoms with Gasteiger partial charge in [0.25, 0.3) is 0 Å². The lowest BCUT2D eigenvalue weighted by Gasteiger charge is -2.60. The molecule has 0 aromatic heterocycles. The Kier molecular flexibility index (Phi) is 7.89. The monoisotopic (exact) mass is 537 g/mol. The fourth-order valence-corrected chi connectivity index (χ4v) is 8.94. The van der Waals surface area contributed by atoms with Crippen molar-refractivity contribution in [2.45, 2.75) is 103 Å². The Morgan fingerprint density at radius 2 is 1.72 bits per heavy atom. The molecule has 0 saturated heterocycles. The summed E-state index contributed by atoms with van der Waals surface area (Å²) in [6, 6.07) is 8.12. The number of aliphatic carboxylic acids is 1. The molecule has 4 aliphatic rings. The molecule has 0 spiro atoms. The standard InChI is InChI=1S/C32H43NO6/c1-31-16-14-22(34)19-21(31)8-9-23-24-10-11-27(32(24,2)17-15-25(23)31)39-29(36)13-12-28(35)33-26(30(37)38)18-20-6-4-3-5-7-20/h3-7,21,23-27H,8-19H2,1-2H3,(H,33,35)(H,37,38)/t21?,23?,24?,25?,26?,27?,31-,32-/m0/s1. The zero-order valence-corrected chi connectivity index (χ0v) is 23.3. The van der Waals surface area contributed by atoms with E-state index in [4.69, 9.17) is 4.74 Å². The molecule has 0 aliphatic heterocycles. The van der Waals surface area contributed by atoms with Crippen molar-refractivity contribution in [2.24, 2.45) is 34.5 Å². The summed E-state index contributed by atoms with van der Waals surface area (Å²) in [5.74, 6) is 0.841. The summed E-state index contributed by atoms with van der Waals surface area (Å²) in [6.45, 7) is 4.74. The molecular weight excluding hydrogens is 494 g/mol. The Morgan fingerprint density at radius 3 is 2.46 bits per heavy atom. The number of carboxylic acids is 1. The van der Waals surface area contributed by atoms with Gasteiger partial charge in [-0.1, -0.05) is 44.2 Å². The average Bonchev–Trinajstić information content (AvgIpc) is 3.24. The maximum atomic E-state index is 12.8. The van der Waals surface area contributed by atoms with Gasteiger partial charge in [-0.25, -0.2) is 4.79 Å². The first kappa shape index (κ1) is 27.9. The van der Waals surface area contributed by atoms with Crippen LogP contribution in [0.25, 0.3) is 0 Å². The highest BCUT2D eigenvalue weighted by molar-refractivity contribution is 5.86. The van der Waals surface area contributed by atoms with E-state index in [1.807, 2.05) is 30.3 Å². The minimum absolute atomic E-state index is 0.0448. The third-order valence-electron chi connectivity index (χ3n) is 11.1. The quantitative estimate of drug-likeness (QED) is 0.447. The Bertz CT molecular complexity index is 1100. The summed E-state index contributed by atoms with van der Waals surface area (Å²) < 4.78 is 6.03. The van der Waals surface area contributed by atoms with Gasteiger partial charge in [0.05, 0.1) is 6.42 Å². The minimum atomic E-state index is -1.10. The molecule has 5 rings (SSSR count). The highest BCUT2D eigenvalue weighted by Crippen LogP contribution is 2.66. The van der Waals surface area contributed by atoms with Crippen molar-refractivity contribution < 1.29 is 29.0 Å². The van der Waals surface area contributed by atoms with Gasteiger partial charge in [0.2, 0.25) is 5.91 Å². The summed E-state index contributed by atoms with van der Waals surface area (Å²) in [6.07, 6.45) is 8.82. The number of Topliss-reactive ketones (excluding diaryl/α,β-unsaturated/α-hetero) is 1. The van der Waals surface area contributed by atoms with Gasteiger partial charge < -0.3 is 15.2 Å². The number of esters is 1. The molecule has 39 heavy (non-hydrogen) atoms. The number of fused-ring (bicyclic) bond motifs is 5. The average molecular weight is 538 g/mol. The van der Waals surface area contributed by atoms with Gasteiger partial charge in [-0.2, -0.15) is 0 Å². The minimum Gasteiger partial charge on any atom is -0.480 e. The van der Waals surface area contributed by atoms with E-state index < -0.39 is 17.9 Å². The lowest BCUT2D eigenvalue weighted by molar-refractivity contribution is -0.164. The smallest absolute Gasteiger partial charge is 0.326 e. The van der Waals surface area contributed by atoms with Gasteiger partial charge in [-0.05, 0) is 79.6 Å². The van der Waals surface area contributed by atoms with Crippen LogP contribution >= 0.6 is 0 Å². The first-order chi connectivity index (χ1) is 18.6. The maximum absolute atomic E-state index is 12.8. The predicted octanol–water partition coefficient (Wildman–Crippen LogP) is 5.10. The normalized spacial score (nSPS) is 36.2. The molecule has 4 fully saturated rings. The van der Waals surface area contributed by atoms with Crippen molar-refractivity contribution in [3.05, 3.63) is 35.9 Å². The first-order valence-electron chi connectivity index (χ1n) is 14.9. The number of hydrogen-bond donors (Lipinski definition) is 2. The summed E-state index contributed by atoms with van der Waals surface area (Å²) in [5.41, 5.74) is 1.04. The predicted molar refractivity (Wildman–Crippen MR) is 146 cm³/mol. The molecule has 6 unspecified atom stereocenters. The molecule has 0 radical (unpaired) electrons. The molecule has 1 amide bonds. The van der Waals surface area contributed by atoms with Crippen molar-refractivity contribution in [1.82, 2.24) is 5.32 Å². The van der Waals surface area contributed by atoms with Crippen molar-refractivity contribution in [1.29, 1.82) is 0 Å². The zero-order chi connectivity index (χ0) is 27.8. The summed E-state index contributed by atoms with van der Waals surface area (Å²) in [4.78, 5) is 49.2. The number of carbonyl (C=O) groups excluding carboxylic acids is 3. The van der Waals surface area contributed by atoms with Crippen LogP contribution in [0.4, 0.5) is 0 Å². The fourth-order valence-electron chi connectivity index (χ4n) is 8.94. The Labute approximate surface area is 231 Å². The van der Waals surface area contributed by atoms with Gasteiger partial charge in [-0.3, -0.25) is 14.4 Å². The number of rotatable bonds is 8. The molecule has 0 bridgehead atoms. The van der Waals surface area contributed by atoms with E-state index in [9.17, 15) is 24.3 Å². The van der Waals surface area contributed by atoms with E-state index >= 15 is 0 Å². The van der Waals surface area contributed by atoms with Gasteiger partial charge in [0, 0.05) is 31.1 Å². The van der Waals surface area contributed by atoms with Crippen LogP contribution in [0.15, 0.2) is 30.3 Å². The van der Waals surface area contributed by atoms with Crippen LogP contribution in [-0.2, 0) is 30.3 Å². The Balaban J connectivity index is 1.14. The van der Waals surface area contributed by atoms with Crippen molar-refractivity contribution >= 4 is 23.6 Å². The van der Waals surface area contributed by atoms with E-state index in [2.05, 4.69) is 19.2 Å². The van der Waals surface area contributed by atoms with Crippen LogP contribution in [0.1, 0.15) is 90.0 Å². The van der Waals surface area contributed by atoms with Gasteiger partial charge in [0.1, 0.15) is 17.9 Å². The Morgan fingerprint density at radius 1 is 0.974 bits per heavy atom. The summed E-state index contributed by atoms with van der Waals surface area (Å²) in [7, 11) is 0. The van der Waals surface area contributed by atoms with Crippen LogP contribution in [-0.4, -0.2) is 40.9 Å². The van der Waals surface area contributed by atoms with Crippen molar-refractivity contribution in [3.63, 3.8) is 0 Å². The topological polar surface area (TPSA) is 110 Å². The second-order valence-electron chi connectivity index (χ2n) is 13.1. The molecule has 212 valence electrons. The first-order valence-corrected chi connectivity index (χ1v) is 14.9. The lowest BCUT2D eigenvalue weighted by atomic mass is 9.45. The van der Waals surface area contributed by atoms with Crippen LogP contribution < -0.4 is 5.32 Å². The number of carboxylic acid groups (broad SMARTS) is 1. The van der Waals surface area contributed by atoms with Crippen LogP contribution in [0.5, 0.6) is 0 Å². The fraction of sp³-hybridized carbons (Fsp3) is 0.688. The number of hydrogen-bond acceptors (Lipinski definition) is 5. The molecule has 7 heteroatoms. The number of benzene rings is 1. The number of amides is 1. The van der Waals surface area contributed by atoms with Crippen LogP contribution in [0.3, 0.4) is 0 Å². The molecule has 1 aromatic carbocycles. The van der Waals surface area contributed by atoms with Gasteiger partial charge in [-0.15, -0.1) is 0 Å². The van der Waals surface area contributed by atoms with Crippen molar-refractivity contribution in [3.8, 4) is 0 Å². The third-order valence-corrected chi connectivity index (χ3v) is 11.1. The highest BCUT2D eigenvalue weighted by atomic mass is 16.5. The van der Waals surface area contributed by atoms with Crippen molar-refractivity contribution in [2.75, 3.05) is 0 Å². The molecular formula is C32H43NO6. The lowest BCUT2D eigenvalue weighted by Crippen LogP contribution is -2.54. The van der Waals surface area contributed by atoms with Crippen LogP contribution in [0.2, 0.25) is 0 Å². The second-order valence-corrected chi connectivity index (χ2v) is 13.1. The zero-order valence-electron chi connectivity index (χ0n) is 23.3. The molecule has 8 atom stereocenters. The Hall–Kier alpha value is -2.70. The molecule has 1 aromatic rings. The largest absolute Gasteiger partial charge is 0.480 e. The van der Waals surface area contributed by atoms with E-state index in [1.54, 1.807) is 0 Å². The molecule has 4 aliphatic carbocycles. The van der Waals surface area contributed by atoms with E-state index in [0.717, 1.165) is 56.9 Å². The second kappa shape index (κ2) is 11.1. The van der Waals surface area contributed by atoms with E-state index in [1.165, 1.54) is 6.42 Å². The molecule has 4 saturated carbocycles. The SMILES string of the molecule is C[C@]12CCC(=O)CC1CCC1C2CC[C@]2(C)C(OC(=O)CCC(=O)NC(Cc3ccccc3)C(=O)O)CCC12. The summed E-state index contributed by atoms with van der Waals surface area (Å²) in [5, 5.41) is 12.1. The number of nitrogens with one attached hydrogen (secondary N) is 1. The number of ketones is 1. The van der Waals surface area contributed by atoms with Crippen LogP contribution in [0, 0.1) is 34.5 Å². The summed E-state index contributed by atoms with van der Waals surface area (Å²) >= 11 is 0. The number of carbonyl (C=O) groups is 4. The number of ether oxygens (including phenoxy) is 1. The molecule has 7 nitrogen and oxygen atoms in total. The van der Waals surface area contributed by atoms with E-state index in [-0.39, 0.29) is 42.2 Å². The highest BCUT2D eigenvalue weighted by Gasteiger charge is 2.61. The van der Waals surface area contributed by atoms with Gasteiger partial charge in [0.15, 0.2) is 0 Å². The maximum Gasteiger partial charge on any atom is 0.326 e. The van der Waals surface area contributed by atoms with Gasteiger partial charge >= 0.3 is 11.9 Å². The van der Waals surface area contributed by atoms with E-state index in [0.29, 0.717) is 29.5 Å². The molecule has 0 heterocycles. The third kappa shape index (κ3) is 5.51. The molecule has 2 N–H and O–H groups in total.